The summed E-state index contributed by atoms with van der Waals surface area (Å²) in [4.78, 5) is 25.1. The van der Waals surface area contributed by atoms with Crippen LogP contribution in [0.15, 0.2) is 18.5 Å². The molecule has 2 aromatic rings. The van der Waals surface area contributed by atoms with E-state index in [1.807, 2.05) is 0 Å². The Balaban J connectivity index is 2.33. The first-order valence-corrected chi connectivity index (χ1v) is 5.84. The highest BCUT2D eigenvalue weighted by molar-refractivity contribution is 5.83. The molecule has 0 fully saturated rings. The summed E-state index contributed by atoms with van der Waals surface area (Å²) in [7, 11) is 3.08. The Bertz CT molecular complexity index is 682. The van der Waals surface area contributed by atoms with Gasteiger partial charge in [-0.2, -0.15) is 5.10 Å². The standard InChI is InChI=1S/C12H12N4O5/c1-15-12(13-7-14-15)6-21-11-4-9(16(18)19)8(5-17)3-10(11)20-2/h3-5,7H,6H2,1-2H3. The van der Waals surface area contributed by atoms with Gasteiger partial charge in [-0.3, -0.25) is 19.6 Å². The number of nitrogens with zero attached hydrogens (tertiary/aromatic N) is 4. The van der Waals surface area contributed by atoms with Crippen LogP contribution in [0.1, 0.15) is 16.2 Å². The van der Waals surface area contributed by atoms with E-state index in [4.69, 9.17) is 9.47 Å². The predicted octanol–water partition coefficient (Wildman–Crippen LogP) is 1.12. The molecule has 0 aliphatic rings. The maximum atomic E-state index is 10.9. The smallest absolute Gasteiger partial charge is 0.283 e. The Labute approximate surface area is 119 Å². The highest BCUT2D eigenvalue weighted by atomic mass is 16.6. The minimum atomic E-state index is -0.654. The maximum Gasteiger partial charge on any atom is 0.283 e. The Morgan fingerprint density at radius 2 is 2.19 bits per heavy atom. The summed E-state index contributed by atoms with van der Waals surface area (Å²) < 4.78 is 12.1. The summed E-state index contributed by atoms with van der Waals surface area (Å²) in [6.07, 6.45) is 1.76. The monoisotopic (exact) mass is 292 g/mol. The normalized spacial score (nSPS) is 10.2. The molecule has 2 rings (SSSR count). The second-order valence-corrected chi connectivity index (χ2v) is 4.03. The molecule has 0 unspecified atom stereocenters. The highest BCUT2D eigenvalue weighted by Gasteiger charge is 2.19. The summed E-state index contributed by atoms with van der Waals surface area (Å²) in [6.45, 7) is 0.0600. The third-order valence-electron chi connectivity index (χ3n) is 2.80. The van der Waals surface area contributed by atoms with E-state index in [0.29, 0.717) is 12.1 Å². The van der Waals surface area contributed by atoms with Crippen molar-refractivity contribution in [2.24, 2.45) is 7.05 Å². The fraction of sp³-hybridized carbons (Fsp3) is 0.250. The molecule has 1 heterocycles. The maximum absolute atomic E-state index is 10.9. The van der Waals surface area contributed by atoms with Crippen molar-refractivity contribution < 1.29 is 19.2 Å². The van der Waals surface area contributed by atoms with Crippen LogP contribution < -0.4 is 9.47 Å². The van der Waals surface area contributed by atoms with E-state index >= 15 is 0 Å². The topological polar surface area (TPSA) is 109 Å². The summed E-state index contributed by atoms with van der Waals surface area (Å²) >= 11 is 0. The average molecular weight is 292 g/mol. The predicted molar refractivity (Wildman–Crippen MR) is 70.4 cm³/mol. The van der Waals surface area contributed by atoms with Gasteiger partial charge in [0.2, 0.25) is 0 Å². The van der Waals surface area contributed by atoms with E-state index < -0.39 is 4.92 Å². The van der Waals surface area contributed by atoms with Crippen molar-refractivity contribution in [3.63, 3.8) is 0 Å². The van der Waals surface area contributed by atoms with Gasteiger partial charge in [0.05, 0.1) is 23.7 Å². The molecule has 0 aliphatic carbocycles. The number of aromatic nitrogens is 3. The molecular weight excluding hydrogens is 280 g/mol. The summed E-state index contributed by atoms with van der Waals surface area (Å²) in [5, 5.41) is 14.8. The van der Waals surface area contributed by atoms with E-state index in [-0.39, 0.29) is 29.4 Å². The number of carbonyl (C=O) groups is 1. The van der Waals surface area contributed by atoms with Gasteiger partial charge >= 0.3 is 0 Å². The van der Waals surface area contributed by atoms with Crippen LogP contribution in [0.5, 0.6) is 11.5 Å². The quantitative estimate of drug-likeness (QED) is 0.445. The number of benzene rings is 1. The van der Waals surface area contributed by atoms with E-state index in [1.54, 1.807) is 7.05 Å². The zero-order valence-corrected chi connectivity index (χ0v) is 11.3. The van der Waals surface area contributed by atoms with Gasteiger partial charge in [0, 0.05) is 13.1 Å². The summed E-state index contributed by atoms with van der Waals surface area (Å²) in [5.41, 5.74) is -0.429. The van der Waals surface area contributed by atoms with Gasteiger partial charge in [0.1, 0.15) is 12.9 Å². The van der Waals surface area contributed by atoms with Gasteiger partial charge in [-0.05, 0) is 0 Å². The van der Waals surface area contributed by atoms with Gasteiger partial charge in [0.15, 0.2) is 23.6 Å². The first-order chi connectivity index (χ1) is 10.1. The molecule has 0 N–H and O–H groups in total. The van der Waals surface area contributed by atoms with Crippen LogP contribution in [0, 0.1) is 10.1 Å². The third-order valence-corrected chi connectivity index (χ3v) is 2.80. The van der Waals surface area contributed by atoms with Crippen molar-refractivity contribution in [3.05, 3.63) is 40.0 Å². The van der Waals surface area contributed by atoms with E-state index in [0.717, 1.165) is 6.07 Å². The minimum absolute atomic E-state index is 0.0600. The molecule has 1 aromatic carbocycles. The number of nitro groups is 1. The second kappa shape index (κ2) is 5.99. The number of ether oxygens (including phenoxy) is 2. The van der Waals surface area contributed by atoms with Crippen LogP contribution >= 0.6 is 0 Å². The molecule has 0 saturated carbocycles. The molecule has 0 saturated heterocycles. The highest BCUT2D eigenvalue weighted by Crippen LogP contribution is 2.34. The number of rotatable bonds is 6. The largest absolute Gasteiger partial charge is 0.493 e. The Morgan fingerprint density at radius 1 is 1.43 bits per heavy atom. The SMILES string of the molecule is COc1cc(C=O)c([N+](=O)[O-])cc1OCc1ncnn1C. The molecule has 1 aromatic heterocycles. The Hall–Kier alpha value is -2.97. The lowest BCUT2D eigenvalue weighted by molar-refractivity contribution is -0.385. The molecule has 0 bridgehead atoms. The molecule has 0 spiro atoms. The number of aryl methyl sites for hydroxylation is 1. The number of hydrogen-bond donors (Lipinski definition) is 0. The fourth-order valence-corrected chi connectivity index (χ4v) is 1.68. The number of carbonyl (C=O) groups excluding carboxylic acids is 1. The van der Waals surface area contributed by atoms with E-state index in [2.05, 4.69) is 10.1 Å². The van der Waals surface area contributed by atoms with Gasteiger partial charge in [-0.1, -0.05) is 0 Å². The lowest BCUT2D eigenvalue weighted by Crippen LogP contribution is -2.06. The number of aldehydes is 1. The molecule has 9 nitrogen and oxygen atoms in total. The van der Waals surface area contributed by atoms with Gasteiger partial charge in [0.25, 0.3) is 5.69 Å². The summed E-state index contributed by atoms with van der Waals surface area (Å²) in [5.74, 6) is 0.918. The van der Waals surface area contributed by atoms with Crippen LogP contribution in [0.25, 0.3) is 0 Å². The van der Waals surface area contributed by atoms with E-state index in [9.17, 15) is 14.9 Å². The number of nitro benzene ring substituents is 1. The van der Waals surface area contributed by atoms with Crippen LogP contribution in [0.4, 0.5) is 5.69 Å². The lowest BCUT2D eigenvalue weighted by Gasteiger charge is -2.11. The molecule has 0 amide bonds. The molecule has 0 aliphatic heterocycles. The van der Waals surface area contributed by atoms with Crippen molar-refractivity contribution in [2.75, 3.05) is 7.11 Å². The second-order valence-electron chi connectivity index (χ2n) is 4.03. The van der Waals surface area contributed by atoms with Gasteiger partial charge in [-0.15, -0.1) is 0 Å². The Morgan fingerprint density at radius 3 is 2.71 bits per heavy atom. The molecule has 9 heteroatoms. The zero-order chi connectivity index (χ0) is 15.4. The van der Waals surface area contributed by atoms with Gasteiger partial charge in [-0.25, -0.2) is 4.98 Å². The van der Waals surface area contributed by atoms with Crippen LogP contribution in [0.3, 0.4) is 0 Å². The van der Waals surface area contributed by atoms with Crippen molar-refractivity contribution in [1.82, 2.24) is 14.8 Å². The number of hydrogen-bond acceptors (Lipinski definition) is 7. The molecule has 0 atom stereocenters. The third kappa shape index (κ3) is 2.96. The van der Waals surface area contributed by atoms with Crippen molar-refractivity contribution in [1.29, 1.82) is 0 Å². The van der Waals surface area contributed by atoms with Crippen LogP contribution in [-0.4, -0.2) is 33.1 Å². The minimum Gasteiger partial charge on any atom is -0.493 e. The molecular formula is C12H12N4O5. The Kier molecular flexibility index (Phi) is 4.12. The number of methoxy groups -OCH3 is 1. The van der Waals surface area contributed by atoms with E-state index in [1.165, 1.54) is 24.2 Å². The first kappa shape index (κ1) is 14.4. The summed E-state index contributed by atoms with van der Waals surface area (Å²) in [6, 6.07) is 2.41. The van der Waals surface area contributed by atoms with Crippen LogP contribution in [0.2, 0.25) is 0 Å². The fourth-order valence-electron chi connectivity index (χ4n) is 1.68. The zero-order valence-electron chi connectivity index (χ0n) is 11.3. The first-order valence-electron chi connectivity index (χ1n) is 5.84. The van der Waals surface area contributed by atoms with Crippen LogP contribution in [-0.2, 0) is 13.7 Å². The molecule has 110 valence electrons. The van der Waals surface area contributed by atoms with Crippen molar-refractivity contribution in [2.45, 2.75) is 6.61 Å². The van der Waals surface area contributed by atoms with Crippen molar-refractivity contribution >= 4 is 12.0 Å². The molecule has 0 radical (unpaired) electrons. The molecule has 21 heavy (non-hydrogen) atoms. The van der Waals surface area contributed by atoms with Crippen molar-refractivity contribution in [3.8, 4) is 11.5 Å². The van der Waals surface area contributed by atoms with Gasteiger partial charge < -0.3 is 9.47 Å². The average Bonchev–Trinajstić information content (AvgIpc) is 2.89. The lowest BCUT2D eigenvalue weighted by atomic mass is 10.1.